The lowest BCUT2D eigenvalue weighted by Crippen LogP contribution is -2.38. The molecule has 0 fully saturated rings. The van der Waals surface area contributed by atoms with Crippen molar-refractivity contribution in [3.8, 4) is 17.2 Å². The summed E-state index contributed by atoms with van der Waals surface area (Å²) in [6.07, 6.45) is 0.940. The third-order valence-corrected chi connectivity index (χ3v) is 4.04. The van der Waals surface area contributed by atoms with Crippen molar-refractivity contribution in [3.63, 3.8) is 0 Å². The Morgan fingerprint density at radius 3 is 2.11 bits per heavy atom. The van der Waals surface area contributed by atoms with E-state index in [0.717, 1.165) is 31.0 Å². The van der Waals surface area contributed by atoms with Gasteiger partial charge < -0.3 is 24.8 Å². The predicted molar refractivity (Wildman–Crippen MR) is 109 cm³/mol. The van der Waals surface area contributed by atoms with Crippen molar-refractivity contribution in [1.29, 1.82) is 0 Å². The molecule has 2 aromatic carbocycles. The molecule has 6 heteroatoms. The van der Waals surface area contributed by atoms with E-state index >= 15 is 0 Å². The first kappa shape index (κ1) is 20.4. The number of benzene rings is 2. The molecule has 0 saturated heterocycles. The number of methoxy groups -OCH3 is 3. The molecule has 27 heavy (non-hydrogen) atoms. The fourth-order valence-corrected chi connectivity index (χ4v) is 2.71. The van der Waals surface area contributed by atoms with Gasteiger partial charge in [0, 0.05) is 13.1 Å². The molecular formula is C21H29N3O3. The average Bonchev–Trinajstić information content (AvgIpc) is 2.71. The van der Waals surface area contributed by atoms with Gasteiger partial charge in [-0.1, -0.05) is 30.3 Å². The third kappa shape index (κ3) is 6.09. The van der Waals surface area contributed by atoms with Gasteiger partial charge in [0.1, 0.15) is 0 Å². The van der Waals surface area contributed by atoms with Gasteiger partial charge in [0.2, 0.25) is 5.75 Å². The van der Waals surface area contributed by atoms with Gasteiger partial charge >= 0.3 is 0 Å². The summed E-state index contributed by atoms with van der Waals surface area (Å²) in [7, 11) is 4.82. The highest BCUT2D eigenvalue weighted by molar-refractivity contribution is 5.79. The van der Waals surface area contributed by atoms with Gasteiger partial charge in [-0.25, -0.2) is 4.99 Å². The monoisotopic (exact) mass is 371 g/mol. The normalized spacial score (nSPS) is 11.0. The summed E-state index contributed by atoms with van der Waals surface area (Å²) in [5.74, 6) is 2.62. The Labute approximate surface area is 161 Å². The van der Waals surface area contributed by atoms with Crippen LogP contribution in [-0.2, 0) is 13.0 Å². The van der Waals surface area contributed by atoms with Gasteiger partial charge in [-0.05, 0) is 36.6 Å². The maximum atomic E-state index is 5.40. The molecule has 2 N–H and O–H groups in total. The molecule has 0 aliphatic rings. The Kier molecular flexibility index (Phi) is 8.29. The minimum absolute atomic E-state index is 0.497. The van der Waals surface area contributed by atoms with Crippen LogP contribution in [0.5, 0.6) is 17.2 Å². The molecule has 146 valence electrons. The van der Waals surface area contributed by atoms with E-state index in [9.17, 15) is 0 Å². The summed E-state index contributed by atoms with van der Waals surface area (Å²) < 4.78 is 16.2. The third-order valence-electron chi connectivity index (χ3n) is 4.04. The molecule has 0 saturated carbocycles. The number of rotatable bonds is 9. The van der Waals surface area contributed by atoms with Crippen LogP contribution in [-0.4, -0.2) is 40.4 Å². The Bertz CT molecular complexity index is 708. The van der Waals surface area contributed by atoms with Crippen LogP contribution >= 0.6 is 0 Å². The van der Waals surface area contributed by atoms with E-state index in [-0.39, 0.29) is 0 Å². The van der Waals surface area contributed by atoms with Crippen molar-refractivity contribution < 1.29 is 14.2 Å². The van der Waals surface area contributed by atoms with Crippen LogP contribution in [0, 0.1) is 0 Å². The van der Waals surface area contributed by atoms with Crippen LogP contribution < -0.4 is 24.8 Å². The SMILES string of the molecule is CCNC(=NCc1cc(OC)c(OC)c(OC)c1)NCCc1ccccc1. The van der Waals surface area contributed by atoms with Crippen molar-refractivity contribution in [2.24, 2.45) is 4.99 Å². The number of ether oxygens (including phenoxy) is 3. The van der Waals surface area contributed by atoms with Gasteiger partial charge in [0.25, 0.3) is 0 Å². The fourth-order valence-electron chi connectivity index (χ4n) is 2.71. The molecule has 0 unspecified atom stereocenters. The molecule has 6 nitrogen and oxygen atoms in total. The van der Waals surface area contributed by atoms with E-state index < -0.39 is 0 Å². The number of hydrogen-bond acceptors (Lipinski definition) is 4. The Hall–Kier alpha value is -2.89. The quantitative estimate of drug-likeness (QED) is 0.524. The standard InChI is InChI=1S/C21H29N3O3/c1-5-22-21(23-12-11-16-9-7-6-8-10-16)24-15-17-13-18(25-2)20(27-4)19(14-17)26-3/h6-10,13-14H,5,11-12,15H2,1-4H3,(H2,22,23,24). The molecule has 0 radical (unpaired) electrons. The summed E-state index contributed by atoms with van der Waals surface area (Å²) >= 11 is 0. The first-order valence-electron chi connectivity index (χ1n) is 9.06. The molecule has 0 aliphatic carbocycles. The maximum Gasteiger partial charge on any atom is 0.203 e. The maximum absolute atomic E-state index is 5.40. The zero-order valence-electron chi connectivity index (χ0n) is 16.5. The van der Waals surface area contributed by atoms with Gasteiger partial charge in [-0.15, -0.1) is 0 Å². The van der Waals surface area contributed by atoms with E-state index in [1.165, 1.54) is 5.56 Å². The molecule has 0 aromatic heterocycles. The van der Waals surface area contributed by atoms with Crippen LogP contribution in [0.25, 0.3) is 0 Å². The second-order valence-electron chi connectivity index (χ2n) is 5.89. The zero-order chi connectivity index (χ0) is 19.5. The summed E-state index contributed by atoms with van der Waals surface area (Å²) in [5, 5.41) is 6.64. The van der Waals surface area contributed by atoms with Crippen molar-refractivity contribution in [2.45, 2.75) is 19.9 Å². The summed E-state index contributed by atoms with van der Waals surface area (Å²) in [6, 6.07) is 14.2. The van der Waals surface area contributed by atoms with Crippen LogP contribution in [0.2, 0.25) is 0 Å². The van der Waals surface area contributed by atoms with Gasteiger partial charge in [0.15, 0.2) is 17.5 Å². The zero-order valence-corrected chi connectivity index (χ0v) is 16.5. The van der Waals surface area contributed by atoms with Gasteiger partial charge in [-0.2, -0.15) is 0 Å². The Morgan fingerprint density at radius 1 is 0.889 bits per heavy atom. The highest BCUT2D eigenvalue weighted by Crippen LogP contribution is 2.38. The lowest BCUT2D eigenvalue weighted by Gasteiger charge is -2.14. The largest absolute Gasteiger partial charge is 0.493 e. The van der Waals surface area contributed by atoms with Crippen molar-refractivity contribution >= 4 is 5.96 Å². The van der Waals surface area contributed by atoms with Crippen LogP contribution in [0.4, 0.5) is 0 Å². The minimum atomic E-state index is 0.497. The summed E-state index contributed by atoms with van der Waals surface area (Å²) in [6.45, 7) is 4.16. The van der Waals surface area contributed by atoms with Crippen molar-refractivity contribution in [2.75, 3.05) is 34.4 Å². The van der Waals surface area contributed by atoms with E-state index in [2.05, 4.69) is 39.9 Å². The van der Waals surface area contributed by atoms with Gasteiger partial charge in [-0.3, -0.25) is 0 Å². The molecule has 0 bridgehead atoms. The van der Waals surface area contributed by atoms with Crippen LogP contribution in [0.15, 0.2) is 47.5 Å². The van der Waals surface area contributed by atoms with Crippen molar-refractivity contribution in [1.82, 2.24) is 10.6 Å². The number of nitrogens with one attached hydrogen (secondary N) is 2. The number of guanidine groups is 1. The number of hydrogen-bond donors (Lipinski definition) is 2. The Morgan fingerprint density at radius 2 is 1.56 bits per heavy atom. The smallest absolute Gasteiger partial charge is 0.203 e. The van der Waals surface area contributed by atoms with E-state index in [0.29, 0.717) is 23.8 Å². The minimum Gasteiger partial charge on any atom is -0.493 e. The highest BCUT2D eigenvalue weighted by Gasteiger charge is 2.13. The molecule has 0 aliphatic heterocycles. The summed E-state index contributed by atoms with van der Waals surface area (Å²) in [4.78, 5) is 4.66. The van der Waals surface area contributed by atoms with Crippen LogP contribution in [0.1, 0.15) is 18.1 Å². The lowest BCUT2D eigenvalue weighted by atomic mass is 10.1. The van der Waals surface area contributed by atoms with Crippen LogP contribution in [0.3, 0.4) is 0 Å². The van der Waals surface area contributed by atoms with E-state index in [1.807, 2.05) is 25.1 Å². The first-order valence-corrected chi connectivity index (χ1v) is 9.06. The average molecular weight is 371 g/mol. The fraction of sp³-hybridized carbons (Fsp3) is 0.381. The van der Waals surface area contributed by atoms with E-state index in [4.69, 9.17) is 14.2 Å². The molecule has 2 aromatic rings. The Balaban J connectivity index is 2.05. The lowest BCUT2D eigenvalue weighted by molar-refractivity contribution is 0.324. The molecule has 0 atom stereocenters. The summed E-state index contributed by atoms with van der Waals surface area (Å²) in [5.41, 5.74) is 2.27. The molecule has 0 amide bonds. The number of aliphatic imine (C=N–C) groups is 1. The molecule has 0 spiro atoms. The topological polar surface area (TPSA) is 64.1 Å². The predicted octanol–water partition coefficient (Wildman–Crippen LogP) is 3.01. The molecular weight excluding hydrogens is 342 g/mol. The highest BCUT2D eigenvalue weighted by atomic mass is 16.5. The van der Waals surface area contributed by atoms with E-state index in [1.54, 1.807) is 21.3 Å². The van der Waals surface area contributed by atoms with Gasteiger partial charge in [0.05, 0.1) is 27.9 Å². The second kappa shape index (κ2) is 11.0. The first-order chi connectivity index (χ1) is 13.2. The second-order valence-corrected chi connectivity index (χ2v) is 5.89. The molecule has 0 heterocycles. The van der Waals surface area contributed by atoms with Crippen molar-refractivity contribution in [3.05, 3.63) is 53.6 Å². The molecule has 2 rings (SSSR count). The number of nitrogens with zero attached hydrogens (tertiary/aromatic N) is 1.